The van der Waals surface area contributed by atoms with Gasteiger partial charge in [0.25, 0.3) is 5.56 Å². The Balaban J connectivity index is 2.15. The number of hydrogen-bond acceptors (Lipinski definition) is 3. The average Bonchev–Trinajstić information content (AvgIpc) is 2.60. The Kier molecular flexibility index (Phi) is 4.04. The maximum atomic E-state index is 12.7. The zero-order valence-corrected chi connectivity index (χ0v) is 13.6. The first-order valence-corrected chi connectivity index (χ1v) is 7.63. The van der Waals surface area contributed by atoms with Gasteiger partial charge in [-0.25, -0.2) is 0 Å². The van der Waals surface area contributed by atoms with Crippen molar-refractivity contribution in [2.45, 2.75) is 6.92 Å². The van der Waals surface area contributed by atoms with E-state index in [0.717, 1.165) is 11.1 Å². The summed E-state index contributed by atoms with van der Waals surface area (Å²) in [6.45, 7) is 1.99. The fourth-order valence-corrected chi connectivity index (χ4v) is 2.67. The molecule has 0 unspecified atom stereocenters. The van der Waals surface area contributed by atoms with Crippen LogP contribution in [0.4, 0.5) is 0 Å². The van der Waals surface area contributed by atoms with Gasteiger partial charge in [0.15, 0.2) is 0 Å². The minimum absolute atomic E-state index is 0.0135. The van der Waals surface area contributed by atoms with E-state index in [0.29, 0.717) is 11.3 Å². The van der Waals surface area contributed by atoms with Crippen LogP contribution in [0.3, 0.4) is 0 Å². The highest BCUT2D eigenvalue weighted by Gasteiger charge is 2.18. The molecule has 0 atom stereocenters. The Bertz CT molecular complexity index is 955. The van der Waals surface area contributed by atoms with Crippen LogP contribution in [0.1, 0.15) is 16.7 Å². The molecule has 4 nitrogen and oxygen atoms in total. The van der Waals surface area contributed by atoms with E-state index < -0.39 is 0 Å². The molecule has 2 N–H and O–H groups in total. The molecule has 0 aliphatic carbocycles. The van der Waals surface area contributed by atoms with Crippen LogP contribution in [0.5, 0.6) is 5.75 Å². The third-order valence-electron chi connectivity index (χ3n) is 4.07. The topological polar surface area (TPSA) is 66.1 Å². The summed E-state index contributed by atoms with van der Waals surface area (Å²) in [5.41, 5.74) is 2.81. The van der Waals surface area contributed by atoms with Gasteiger partial charge in [-0.05, 0) is 12.5 Å². The molecule has 2 aromatic carbocycles. The van der Waals surface area contributed by atoms with E-state index in [1.807, 2.05) is 37.3 Å². The predicted molar refractivity (Wildman–Crippen MR) is 95.9 cm³/mol. The SMILES string of the molecule is Cc1ccc(-c2cc(O)c(C(=N)c3ccccc3)c(=O)n2C)cc1. The van der Waals surface area contributed by atoms with Crippen molar-refractivity contribution in [3.05, 3.63) is 87.7 Å². The van der Waals surface area contributed by atoms with Crippen molar-refractivity contribution in [3.63, 3.8) is 0 Å². The van der Waals surface area contributed by atoms with Gasteiger partial charge in [-0.3, -0.25) is 10.2 Å². The first kappa shape index (κ1) is 15.7. The first-order valence-electron chi connectivity index (χ1n) is 7.63. The highest BCUT2D eigenvalue weighted by Crippen LogP contribution is 2.25. The lowest BCUT2D eigenvalue weighted by atomic mass is 10.0. The standard InChI is InChI=1S/C20H18N2O2/c1-13-8-10-14(11-9-13)16-12-17(23)18(20(24)22(16)2)19(21)15-6-4-3-5-7-15/h3-12,21,23H,1-2H3. The molecule has 3 rings (SSSR count). The second-order valence-corrected chi connectivity index (χ2v) is 5.76. The Morgan fingerprint density at radius 2 is 1.67 bits per heavy atom. The molecule has 0 saturated heterocycles. The van der Waals surface area contributed by atoms with E-state index in [-0.39, 0.29) is 22.6 Å². The molecular weight excluding hydrogens is 300 g/mol. The summed E-state index contributed by atoms with van der Waals surface area (Å²) in [5.74, 6) is -0.178. The van der Waals surface area contributed by atoms with Crippen molar-refractivity contribution in [3.8, 4) is 17.0 Å². The quantitative estimate of drug-likeness (QED) is 0.726. The Morgan fingerprint density at radius 3 is 2.29 bits per heavy atom. The molecule has 1 heterocycles. The largest absolute Gasteiger partial charge is 0.507 e. The summed E-state index contributed by atoms with van der Waals surface area (Å²) in [4.78, 5) is 12.7. The smallest absolute Gasteiger partial charge is 0.264 e. The highest BCUT2D eigenvalue weighted by molar-refractivity contribution is 6.12. The molecule has 0 amide bonds. The number of benzene rings is 2. The minimum atomic E-state index is -0.389. The van der Waals surface area contributed by atoms with Gasteiger partial charge in [0.1, 0.15) is 11.3 Å². The lowest BCUT2D eigenvalue weighted by Gasteiger charge is -2.13. The zero-order chi connectivity index (χ0) is 17.3. The van der Waals surface area contributed by atoms with Crippen LogP contribution < -0.4 is 5.56 Å². The summed E-state index contributed by atoms with van der Waals surface area (Å²) in [6, 6.07) is 18.2. The van der Waals surface area contributed by atoms with Gasteiger partial charge in [0.2, 0.25) is 0 Å². The van der Waals surface area contributed by atoms with Crippen LogP contribution in [0.2, 0.25) is 0 Å². The molecule has 0 fully saturated rings. The Hall–Kier alpha value is -3.14. The van der Waals surface area contributed by atoms with Gasteiger partial charge in [-0.2, -0.15) is 0 Å². The van der Waals surface area contributed by atoms with Crippen molar-refractivity contribution in [2.24, 2.45) is 7.05 Å². The molecule has 24 heavy (non-hydrogen) atoms. The molecule has 0 bridgehead atoms. The normalized spacial score (nSPS) is 10.6. The van der Waals surface area contributed by atoms with E-state index in [9.17, 15) is 9.90 Å². The van der Waals surface area contributed by atoms with E-state index in [1.54, 1.807) is 37.4 Å². The summed E-state index contributed by atoms with van der Waals surface area (Å²) in [7, 11) is 1.65. The molecule has 0 saturated carbocycles. The third kappa shape index (κ3) is 2.74. The molecule has 3 aromatic rings. The summed E-state index contributed by atoms with van der Waals surface area (Å²) >= 11 is 0. The van der Waals surface area contributed by atoms with Crippen molar-refractivity contribution in [1.82, 2.24) is 4.57 Å². The zero-order valence-electron chi connectivity index (χ0n) is 13.6. The Labute approximate surface area is 140 Å². The molecule has 1 aromatic heterocycles. The number of aromatic nitrogens is 1. The van der Waals surface area contributed by atoms with Gasteiger partial charge in [-0.15, -0.1) is 0 Å². The van der Waals surface area contributed by atoms with E-state index >= 15 is 0 Å². The highest BCUT2D eigenvalue weighted by atomic mass is 16.3. The summed E-state index contributed by atoms with van der Waals surface area (Å²) in [5, 5.41) is 18.7. The predicted octanol–water partition coefficient (Wildman–Crippen LogP) is 3.48. The lowest BCUT2D eigenvalue weighted by molar-refractivity contribution is 0.471. The number of pyridine rings is 1. The molecule has 0 aliphatic heterocycles. The number of hydrogen-bond donors (Lipinski definition) is 2. The fourth-order valence-electron chi connectivity index (χ4n) is 2.67. The van der Waals surface area contributed by atoms with Gasteiger partial charge < -0.3 is 9.67 Å². The number of nitrogens with zero attached hydrogens (tertiary/aromatic N) is 1. The van der Waals surface area contributed by atoms with E-state index in [4.69, 9.17) is 5.41 Å². The van der Waals surface area contributed by atoms with Gasteiger partial charge in [0.05, 0.1) is 11.4 Å². The lowest BCUT2D eigenvalue weighted by Crippen LogP contribution is -2.26. The van der Waals surface area contributed by atoms with Gasteiger partial charge in [0, 0.05) is 18.7 Å². The van der Waals surface area contributed by atoms with Crippen LogP contribution in [-0.2, 0) is 7.05 Å². The third-order valence-corrected chi connectivity index (χ3v) is 4.07. The molecule has 0 spiro atoms. The number of aryl methyl sites for hydroxylation is 1. The van der Waals surface area contributed by atoms with Crippen LogP contribution in [0.15, 0.2) is 65.5 Å². The van der Waals surface area contributed by atoms with Gasteiger partial charge >= 0.3 is 0 Å². The van der Waals surface area contributed by atoms with E-state index in [1.165, 1.54) is 4.57 Å². The average molecular weight is 318 g/mol. The minimum Gasteiger partial charge on any atom is -0.507 e. The van der Waals surface area contributed by atoms with Crippen molar-refractivity contribution < 1.29 is 5.11 Å². The molecular formula is C20H18N2O2. The number of aromatic hydroxyl groups is 1. The number of rotatable bonds is 3. The maximum absolute atomic E-state index is 12.7. The van der Waals surface area contributed by atoms with Crippen molar-refractivity contribution in [2.75, 3.05) is 0 Å². The molecule has 4 heteroatoms. The molecule has 120 valence electrons. The van der Waals surface area contributed by atoms with Crippen LogP contribution in [-0.4, -0.2) is 15.4 Å². The number of nitrogens with one attached hydrogen (secondary N) is 1. The molecule has 0 aliphatic rings. The van der Waals surface area contributed by atoms with Crippen LogP contribution in [0.25, 0.3) is 11.3 Å². The van der Waals surface area contributed by atoms with Crippen molar-refractivity contribution in [1.29, 1.82) is 5.41 Å². The van der Waals surface area contributed by atoms with Crippen LogP contribution >= 0.6 is 0 Å². The second-order valence-electron chi connectivity index (χ2n) is 5.76. The summed E-state index contributed by atoms with van der Waals surface area (Å²) < 4.78 is 1.47. The van der Waals surface area contributed by atoms with Gasteiger partial charge in [-0.1, -0.05) is 60.2 Å². The Morgan fingerprint density at radius 1 is 1.04 bits per heavy atom. The maximum Gasteiger partial charge on any atom is 0.264 e. The van der Waals surface area contributed by atoms with Crippen LogP contribution in [0, 0.1) is 12.3 Å². The second kappa shape index (κ2) is 6.16. The monoisotopic (exact) mass is 318 g/mol. The summed E-state index contributed by atoms with van der Waals surface area (Å²) in [6.07, 6.45) is 0. The van der Waals surface area contributed by atoms with Crippen molar-refractivity contribution >= 4 is 5.71 Å². The molecule has 0 radical (unpaired) electrons. The van der Waals surface area contributed by atoms with E-state index in [2.05, 4.69) is 0 Å². The fraction of sp³-hybridized carbons (Fsp3) is 0.100. The first-order chi connectivity index (χ1) is 11.5.